The lowest BCUT2D eigenvalue weighted by Gasteiger charge is -2.01. The Morgan fingerprint density at radius 2 is 2.06 bits per heavy atom. The highest BCUT2D eigenvalue weighted by molar-refractivity contribution is 6.32. The van der Waals surface area contributed by atoms with Crippen molar-refractivity contribution in [3.8, 4) is 11.8 Å². The maximum atomic E-state index is 10.8. The Hall–Kier alpha value is -2.39. The van der Waals surface area contributed by atoms with Gasteiger partial charge in [0.15, 0.2) is 0 Å². The Morgan fingerprint density at radius 1 is 1.44 bits per heavy atom. The van der Waals surface area contributed by atoms with Crippen LogP contribution in [0.25, 0.3) is 5.69 Å². The zero-order chi connectivity index (χ0) is 13.3. The molecule has 7 heteroatoms. The largest absolute Gasteiger partial charge is 0.329 e. The summed E-state index contributed by atoms with van der Waals surface area (Å²) in [6.07, 6.45) is 0. The van der Waals surface area contributed by atoms with Gasteiger partial charge < -0.3 is 0 Å². The highest BCUT2D eigenvalue weighted by Crippen LogP contribution is 2.29. The molecule has 6 nitrogen and oxygen atoms in total. The second-order valence-electron chi connectivity index (χ2n) is 3.55. The fourth-order valence-electron chi connectivity index (χ4n) is 1.55. The van der Waals surface area contributed by atoms with E-state index in [4.69, 9.17) is 16.9 Å². The van der Waals surface area contributed by atoms with Crippen LogP contribution in [0.3, 0.4) is 0 Å². The topological polar surface area (TPSA) is 84.8 Å². The summed E-state index contributed by atoms with van der Waals surface area (Å²) in [6.45, 7) is 1.52. The summed E-state index contributed by atoms with van der Waals surface area (Å²) in [4.78, 5) is 10.2. The van der Waals surface area contributed by atoms with Gasteiger partial charge in [-0.3, -0.25) is 10.1 Å². The lowest BCUT2D eigenvalue weighted by molar-refractivity contribution is -0.385. The van der Waals surface area contributed by atoms with Gasteiger partial charge in [-0.2, -0.15) is 10.4 Å². The van der Waals surface area contributed by atoms with Crippen LogP contribution in [0.5, 0.6) is 0 Å². The Kier molecular flexibility index (Phi) is 3.00. The molecule has 0 radical (unpaired) electrons. The van der Waals surface area contributed by atoms with Crippen molar-refractivity contribution in [3.05, 3.63) is 50.8 Å². The van der Waals surface area contributed by atoms with Crippen LogP contribution in [0, 0.1) is 28.4 Å². The van der Waals surface area contributed by atoms with Crippen LogP contribution in [0.4, 0.5) is 5.69 Å². The Morgan fingerprint density at radius 3 is 2.50 bits per heavy atom. The quantitative estimate of drug-likeness (QED) is 0.615. The minimum absolute atomic E-state index is 0.0535. The normalized spacial score (nSPS) is 10.1. The zero-order valence-electron chi connectivity index (χ0n) is 9.29. The Bertz CT molecular complexity index is 655. The van der Waals surface area contributed by atoms with Gasteiger partial charge in [0.1, 0.15) is 5.69 Å². The second-order valence-corrected chi connectivity index (χ2v) is 3.91. The van der Waals surface area contributed by atoms with E-state index >= 15 is 0 Å². The maximum Gasteiger partial charge on any atom is 0.329 e. The third-order valence-electron chi connectivity index (χ3n) is 2.40. The van der Waals surface area contributed by atoms with Crippen molar-refractivity contribution < 1.29 is 4.92 Å². The number of nitrogens with zero attached hydrogens (tertiary/aromatic N) is 4. The van der Waals surface area contributed by atoms with E-state index in [0.717, 1.165) is 0 Å². The first-order chi connectivity index (χ1) is 8.54. The van der Waals surface area contributed by atoms with Gasteiger partial charge in [-0.25, -0.2) is 4.68 Å². The number of halogens is 1. The predicted octanol–water partition coefficient (Wildman–Crippen LogP) is 2.61. The monoisotopic (exact) mass is 262 g/mol. The van der Waals surface area contributed by atoms with Crippen molar-refractivity contribution in [3.63, 3.8) is 0 Å². The molecule has 0 spiro atoms. The van der Waals surface area contributed by atoms with E-state index in [1.165, 1.54) is 11.6 Å². The van der Waals surface area contributed by atoms with Crippen LogP contribution in [0.15, 0.2) is 24.3 Å². The van der Waals surface area contributed by atoms with E-state index in [0.29, 0.717) is 11.3 Å². The minimum Gasteiger partial charge on any atom is -0.258 e. The molecule has 0 bridgehead atoms. The molecule has 0 aliphatic carbocycles. The summed E-state index contributed by atoms with van der Waals surface area (Å²) >= 11 is 5.93. The molecule has 2 rings (SSSR count). The molecular formula is C11H7ClN4O2. The fourth-order valence-corrected chi connectivity index (χ4v) is 1.89. The van der Waals surface area contributed by atoms with Crippen LogP contribution in [0.2, 0.25) is 5.15 Å². The van der Waals surface area contributed by atoms with Crippen molar-refractivity contribution in [1.82, 2.24) is 9.78 Å². The van der Waals surface area contributed by atoms with E-state index in [1.807, 2.05) is 6.07 Å². The number of nitro groups is 1. The van der Waals surface area contributed by atoms with Crippen molar-refractivity contribution in [2.24, 2.45) is 0 Å². The number of aromatic nitrogens is 2. The molecule has 1 aromatic carbocycles. The second kappa shape index (κ2) is 4.47. The smallest absolute Gasteiger partial charge is 0.258 e. The molecule has 0 fully saturated rings. The third-order valence-corrected chi connectivity index (χ3v) is 2.74. The molecule has 0 amide bonds. The average Bonchev–Trinajstić information content (AvgIpc) is 2.65. The first-order valence-electron chi connectivity index (χ1n) is 4.94. The van der Waals surface area contributed by atoms with Crippen molar-refractivity contribution in [2.45, 2.75) is 6.92 Å². The summed E-state index contributed by atoms with van der Waals surface area (Å²) in [7, 11) is 0. The minimum atomic E-state index is -0.565. The SMILES string of the molecule is Cc1nn(-c2ccc(C#N)cc2)c(Cl)c1[N+](=O)[O-]. The number of nitriles is 1. The number of hydrogen-bond acceptors (Lipinski definition) is 4. The number of benzene rings is 1. The van der Waals surface area contributed by atoms with Crippen molar-refractivity contribution in [2.75, 3.05) is 0 Å². The van der Waals surface area contributed by atoms with Gasteiger partial charge in [0.2, 0.25) is 5.15 Å². The summed E-state index contributed by atoms with van der Waals surface area (Å²) in [5.74, 6) is 0. The van der Waals surface area contributed by atoms with Crippen LogP contribution in [-0.4, -0.2) is 14.7 Å². The molecule has 0 N–H and O–H groups in total. The maximum absolute atomic E-state index is 10.8. The van der Waals surface area contributed by atoms with Crippen LogP contribution in [0.1, 0.15) is 11.3 Å². The summed E-state index contributed by atoms with van der Waals surface area (Å²) in [5, 5.41) is 23.5. The van der Waals surface area contributed by atoms with Gasteiger partial charge in [-0.05, 0) is 31.2 Å². The fraction of sp³-hybridized carbons (Fsp3) is 0.0909. The Balaban J connectivity index is 2.55. The Labute approximate surface area is 107 Å². The highest BCUT2D eigenvalue weighted by atomic mass is 35.5. The molecule has 0 aliphatic heterocycles. The zero-order valence-corrected chi connectivity index (χ0v) is 10.0. The van der Waals surface area contributed by atoms with Gasteiger partial charge >= 0.3 is 5.69 Å². The number of aryl methyl sites for hydroxylation is 1. The van der Waals surface area contributed by atoms with Gasteiger partial charge in [-0.15, -0.1) is 0 Å². The molecule has 2 aromatic rings. The molecule has 0 unspecified atom stereocenters. The summed E-state index contributed by atoms with van der Waals surface area (Å²) in [5.41, 5.74) is 1.10. The van der Waals surface area contributed by atoms with E-state index in [-0.39, 0.29) is 16.5 Å². The van der Waals surface area contributed by atoms with Gasteiger partial charge in [-0.1, -0.05) is 11.6 Å². The van der Waals surface area contributed by atoms with Gasteiger partial charge in [0.05, 0.1) is 22.2 Å². The van der Waals surface area contributed by atoms with Gasteiger partial charge in [0, 0.05) is 0 Å². The van der Waals surface area contributed by atoms with Crippen molar-refractivity contribution >= 4 is 17.3 Å². The van der Waals surface area contributed by atoms with E-state index in [9.17, 15) is 10.1 Å². The standard InChI is InChI=1S/C11H7ClN4O2/c1-7-10(16(17)18)11(12)15(14-7)9-4-2-8(6-13)3-5-9/h2-5H,1H3. The molecule has 1 heterocycles. The van der Waals surface area contributed by atoms with Crippen LogP contribution < -0.4 is 0 Å². The molecule has 90 valence electrons. The lowest BCUT2D eigenvalue weighted by Crippen LogP contribution is -1.96. The van der Waals surface area contributed by atoms with Crippen molar-refractivity contribution in [1.29, 1.82) is 5.26 Å². The highest BCUT2D eigenvalue weighted by Gasteiger charge is 2.24. The molecule has 1 aromatic heterocycles. The molecule has 0 saturated carbocycles. The van der Waals surface area contributed by atoms with Gasteiger partial charge in [0.25, 0.3) is 0 Å². The molecule has 0 saturated heterocycles. The third kappa shape index (κ3) is 1.92. The van der Waals surface area contributed by atoms with Crippen LogP contribution in [-0.2, 0) is 0 Å². The average molecular weight is 263 g/mol. The van der Waals surface area contributed by atoms with E-state index < -0.39 is 4.92 Å². The molecular weight excluding hydrogens is 256 g/mol. The summed E-state index contributed by atoms with van der Waals surface area (Å²) < 4.78 is 1.27. The first-order valence-corrected chi connectivity index (χ1v) is 5.32. The lowest BCUT2D eigenvalue weighted by atomic mass is 10.2. The summed E-state index contributed by atoms with van der Waals surface area (Å²) in [6, 6.07) is 8.42. The number of rotatable bonds is 2. The van der Waals surface area contributed by atoms with E-state index in [2.05, 4.69) is 5.10 Å². The number of hydrogen-bond donors (Lipinski definition) is 0. The van der Waals surface area contributed by atoms with E-state index in [1.54, 1.807) is 24.3 Å². The molecule has 0 aliphatic rings. The predicted molar refractivity (Wildman–Crippen MR) is 64.7 cm³/mol. The first kappa shape index (κ1) is 12.1. The molecule has 0 atom stereocenters. The van der Waals surface area contributed by atoms with Crippen LogP contribution >= 0.6 is 11.6 Å². The molecule has 18 heavy (non-hydrogen) atoms.